The van der Waals surface area contributed by atoms with Crippen molar-refractivity contribution in [3.63, 3.8) is 0 Å². The van der Waals surface area contributed by atoms with Crippen molar-refractivity contribution in [3.8, 4) is 67.9 Å². The molecule has 0 bridgehead atoms. The number of aromatic nitrogens is 3. The molecule has 3 heterocycles. The summed E-state index contributed by atoms with van der Waals surface area (Å²) in [4.78, 5) is 16.0. The third kappa shape index (κ3) is 4.90. The highest BCUT2D eigenvalue weighted by molar-refractivity contribution is 7.26. The highest BCUT2D eigenvalue weighted by Gasteiger charge is 2.51. The van der Waals surface area contributed by atoms with Crippen molar-refractivity contribution in [3.05, 3.63) is 222 Å². The molecular formula is C56H33N3OS. The summed E-state index contributed by atoms with van der Waals surface area (Å²) in [5.41, 5.74) is 11.6. The van der Waals surface area contributed by atoms with Crippen LogP contribution in [0, 0.1) is 0 Å². The lowest BCUT2D eigenvalue weighted by molar-refractivity contribution is 0.437. The first-order chi connectivity index (χ1) is 30.3. The van der Waals surface area contributed by atoms with Gasteiger partial charge in [-0.2, -0.15) is 0 Å². The van der Waals surface area contributed by atoms with E-state index in [2.05, 4.69) is 182 Å². The number of rotatable bonds is 4. The quantitative estimate of drug-likeness (QED) is 0.178. The van der Waals surface area contributed by atoms with Crippen LogP contribution in [-0.2, 0) is 5.41 Å². The van der Waals surface area contributed by atoms with Crippen molar-refractivity contribution < 1.29 is 4.74 Å². The molecule has 2 aliphatic rings. The summed E-state index contributed by atoms with van der Waals surface area (Å²) < 4.78 is 9.52. The summed E-state index contributed by atoms with van der Waals surface area (Å²) in [6, 6.07) is 71.1. The Bertz CT molecular complexity index is 3530. The molecule has 0 amide bonds. The highest BCUT2D eigenvalue weighted by atomic mass is 32.1. The van der Waals surface area contributed by atoms with Gasteiger partial charge in [0.05, 0.1) is 11.0 Å². The fourth-order valence-corrected chi connectivity index (χ4v) is 11.3. The molecule has 1 spiro atoms. The van der Waals surface area contributed by atoms with Gasteiger partial charge in [0.1, 0.15) is 11.5 Å². The molecule has 0 fully saturated rings. The second kappa shape index (κ2) is 13.1. The summed E-state index contributed by atoms with van der Waals surface area (Å²) in [6.45, 7) is 0. The molecule has 4 nitrogen and oxygen atoms in total. The topological polar surface area (TPSA) is 47.9 Å². The first-order valence-electron chi connectivity index (χ1n) is 20.6. The van der Waals surface area contributed by atoms with E-state index in [4.69, 9.17) is 19.7 Å². The summed E-state index contributed by atoms with van der Waals surface area (Å²) in [5.74, 6) is 3.35. The number of ether oxygens (including phenoxy) is 1. The maximum atomic E-state index is 7.08. The standard InChI is InChI=1S/C56H33N3OS/c1-3-17-34(18-4-1)42-33-43-50-40(25-16-32-49(50)61-52(43)39-24-8-7-21-36(39)42)54-57-53(35-19-5-2-6-20-35)58-55(59-54)41-26-15-30-47-51(41)60-48-31-14-13-29-46(48)56(47)44-27-11-9-22-37(44)38-23-10-12-28-45(38)56/h1-33H. The largest absolute Gasteiger partial charge is 0.456 e. The molecule has 0 N–H and O–H groups in total. The van der Waals surface area contributed by atoms with Crippen LogP contribution in [0.25, 0.3) is 87.4 Å². The summed E-state index contributed by atoms with van der Waals surface area (Å²) in [7, 11) is 0. The number of nitrogens with zero attached hydrogens (tertiary/aromatic N) is 3. The van der Waals surface area contributed by atoms with Crippen molar-refractivity contribution in [1.82, 2.24) is 15.0 Å². The number of benzene rings is 9. The normalized spacial score (nSPS) is 13.2. The highest BCUT2D eigenvalue weighted by Crippen LogP contribution is 2.63. The molecule has 9 aromatic carbocycles. The Balaban J connectivity index is 1.09. The summed E-state index contributed by atoms with van der Waals surface area (Å²) in [5, 5.41) is 4.81. The Hall–Kier alpha value is -7.73. The van der Waals surface area contributed by atoms with Crippen LogP contribution in [0.1, 0.15) is 22.3 Å². The van der Waals surface area contributed by atoms with Crippen molar-refractivity contribution in [2.24, 2.45) is 0 Å². The molecule has 13 rings (SSSR count). The maximum absolute atomic E-state index is 7.08. The summed E-state index contributed by atoms with van der Waals surface area (Å²) >= 11 is 1.83. The van der Waals surface area contributed by atoms with E-state index in [1.165, 1.54) is 58.9 Å². The fraction of sp³-hybridized carbons (Fsp3) is 0.0179. The molecule has 1 aliphatic carbocycles. The average Bonchev–Trinajstić information content (AvgIpc) is 3.86. The monoisotopic (exact) mass is 795 g/mol. The van der Waals surface area contributed by atoms with E-state index in [1.807, 2.05) is 29.5 Å². The van der Waals surface area contributed by atoms with Crippen LogP contribution in [0.3, 0.4) is 0 Å². The second-order valence-corrected chi connectivity index (χ2v) is 16.8. The zero-order valence-electron chi connectivity index (χ0n) is 32.7. The van der Waals surface area contributed by atoms with E-state index in [1.54, 1.807) is 0 Å². The van der Waals surface area contributed by atoms with Crippen LogP contribution in [0.2, 0.25) is 0 Å². The maximum Gasteiger partial charge on any atom is 0.167 e. The zero-order valence-corrected chi connectivity index (χ0v) is 33.5. The van der Waals surface area contributed by atoms with Crippen LogP contribution < -0.4 is 4.74 Å². The molecule has 0 atom stereocenters. The Morgan fingerprint density at radius 3 is 1.67 bits per heavy atom. The van der Waals surface area contributed by atoms with Gasteiger partial charge in [0.2, 0.25) is 0 Å². The number of thiophene rings is 1. The van der Waals surface area contributed by atoms with E-state index in [-0.39, 0.29) is 0 Å². The third-order valence-electron chi connectivity index (χ3n) is 12.6. The van der Waals surface area contributed by atoms with E-state index in [9.17, 15) is 0 Å². The van der Waals surface area contributed by atoms with Crippen LogP contribution in [0.15, 0.2) is 200 Å². The lowest BCUT2D eigenvalue weighted by atomic mass is 9.66. The Morgan fingerprint density at radius 1 is 0.377 bits per heavy atom. The van der Waals surface area contributed by atoms with Crippen LogP contribution in [-0.4, -0.2) is 15.0 Å². The van der Waals surface area contributed by atoms with Crippen molar-refractivity contribution in [1.29, 1.82) is 0 Å². The van der Waals surface area contributed by atoms with Crippen LogP contribution in [0.4, 0.5) is 0 Å². The molecular weight excluding hydrogens is 763 g/mol. The third-order valence-corrected chi connectivity index (χ3v) is 13.8. The van der Waals surface area contributed by atoms with Gasteiger partial charge >= 0.3 is 0 Å². The van der Waals surface area contributed by atoms with Crippen LogP contribution >= 0.6 is 11.3 Å². The van der Waals surface area contributed by atoms with Gasteiger partial charge in [0.25, 0.3) is 0 Å². The minimum Gasteiger partial charge on any atom is -0.456 e. The average molecular weight is 796 g/mol. The van der Waals surface area contributed by atoms with E-state index < -0.39 is 5.41 Å². The molecule has 0 saturated heterocycles. The zero-order chi connectivity index (χ0) is 40.1. The molecule has 61 heavy (non-hydrogen) atoms. The van der Waals surface area contributed by atoms with Crippen molar-refractivity contribution >= 4 is 42.3 Å². The van der Waals surface area contributed by atoms with E-state index in [0.29, 0.717) is 17.5 Å². The molecule has 11 aromatic rings. The molecule has 284 valence electrons. The van der Waals surface area contributed by atoms with E-state index >= 15 is 0 Å². The first kappa shape index (κ1) is 34.2. The minimum atomic E-state index is -0.605. The number of para-hydroxylation sites is 2. The van der Waals surface area contributed by atoms with E-state index in [0.717, 1.165) is 44.7 Å². The van der Waals surface area contributed by atoms with Gasteiger partial charge in [-0.25, -0.2) is 15.0 Å². The fourth-order valence-electron chi connectivity index (χ4n) is 10.1. The predicted octanol–water partition coefficient (Wildman–Crippen LogP) is 14.5. The minimum absolute atomic E-state index is 0.557. The lowest BCUT2D eigenvalue weighted by Crippen LogP contribution is -2.32. The first-order valence-corrected chi connectivity index (χ1v) is 21.4. The number of fused-ring (bicyclic) bond motifs is 14. The van der Waals surface area contributed by atoms with Gasteiger partial charge in [0.15, 0.2) is 17.5 Å². The predicted molar refractivity (Wildman–Crippen MR) is 249 cm³/mol. The summed E-state index contributed by atoms with van der Waals surface area (Å²) in [6.07, 6.45) is 0. The van der Waals surface area contributed by atoms with Gasteiger partial charge in [-0.15, -0.1) is 11.3 Å². The van der Waals surface area contributed by atoms with Gasteiger partial charge in [-0.3, -0.25) is 0 Å². The van der Waals surface area contributed by atoms with Gasteiger partial charge < -0.3 is 4.74 Å². The van der Waals surface area contributed by atoms with Crippen molar-refractivity contribution in [2.75, 3.05) is 0 Å². The van der Waals surface area contributed by atoms with Gasteiger partial charge in [0, 0.05) is 47.8 Å². The Kier molecular flexibility index (Phi) is 7.36. The van der Waals surface area contributed by atoms with Crippen molar-refractivity contribution in [2.45, 2.75) is 5.41 Å². The molecule has 5 heteroatoms. The SMILES string of the molecule is c1ccc(-c2nc(-c3cccc4c3Oc3ccccc3C43c4ccccc4-c4ccccc43)nc(-c3cccc4sc5c6ccccc6c(-c6ccccc6)cc5c34)n2)cc1. The van der Waals surface area contributed by atoms with Crippen LogP contribution in [0.5, 0.6) is 11.5 Å². The van der Waals surface area contributed by atoms with Gasteiger partial charge in [-0.05, 0) is 63.0 Å². The number of hydrogen-bond donors (Lipinski definition) is 0. The Morgan fingerprint density at radius 2 is 0.918 bits per heavy atom. The molecule has 2 aromatic heterocycles. The molecule has 0 unspecified atom stereocenters. The second-order valence-electron chi connectivity index (χ2n) is 15.8. The lowest BCUT2D eigenvalue weighted by Gasteiger charge is -2.39. The molecule has 1 aliphatic heterocycles. The Labute approximate surface area is 356 Å². The molecule has 0 saturated carbocycles. The smallest absolute Gasteiger partial charge is 0.167 e. The number of hydrogen-bond acceptors (Lipinski definition) is 5. The molecule has 0 radical (unpaired) electrons. The van der Waals surface area contributed by atoms with Gasteiger partial charge in [-0.1, -0.05) is 176 Å².